The minimum atomic E-state index is 0.915. The summed E-state index contributed by atoms with van der Waals surface area (Å²) in [5.74, 6) is 1.83. The van der Waals surface area contributed by atoms with E-state index in [0.29, 0.717) is 0 Å². The van der Waals surface area contributed by atoms with Gasteiger partial charge >= 0.3 is 0 Å². The summed E-state index contributed by atoms with van der Waals surface area (Å²) in [6, 6.07) is 54.3. The van der Waals surface area contributed by atoms with Crippen molar-refractivity contribution < 1.29 is 4.74 Å². The molecule has 8 aromatic rings. The van der Waals surface area contributed by atoms with E-state index in [1.807, 2.05) is 12.1 Å². The van der Waals surface area contributed by atoms with Crippen LogP contribution in [0, 0.1) is 0 Å². The van der Waals surface area contributed by atoms with Crippen molar-refractivity contribution in [2.45, 2.75) is 0 Å². The fraction of sp³-hybridized carbons (Fsp3) is 0. The molecule has 0 fully saturated rings. The van der Waals surface area contributed by atoms with E-state index in [-0.39, 0.29) is 0 Å². The predicted octanol–water partition coefficient (Wildman–Crippen LogP) is 11.0. The molecule has 1 aliphatic heterocycles. The number of rotatable bonds is 3. The van der Waals surface area contributed by atoms with E-state index in [1.54, 1.807) is 0 Å². The van der Waals surface area contributed by atoms with Crippen LogP contribution in [0.3, 0.4) is 0 Å². The van der Waals surface area contributed by atoms with E-state index in [1.165, 1.54) is 66.1 Å². The summed E-state index contributed by atoms with van der Waals surface area (Å²) in [5, 5.41) is 4.92. The molecule has 0 atom stereocenters. The SMILES string of the molecule is c1ccc(-n2c3ccccc3c3cc(-c4ccc(-c5ccc6c7c(cccc57)-c5ccccc5O6)cc4)ccc32)cc1. The number of hydrogen-bond donors (Lipinski definition) is 0. The maximum Gasteiger partial charge on any atom is 0.135 e. The van der Waals surface area contributed by atoms with Crippen LogP contribution < -0.4 is 4.74 Å². The predicted molar refractivity (Wildman–Crippen MR) is 175 cm³/mol. The molecule has 2 heteroatoms. The lowest BCUT2D eigenvalue weighted by molar-refractivity contribution is 0.487. The molecule has 9 rings (SSSR count). The molecule has 0 bridgehead atoms. The highest BCUT2D eigenvalue weighted by molar-refractivity contribution is 6.11. The fourth-order valence-electron chi connectivity index (χ4n) is 6.68. The third kappa shape index (κ3) is 3.39. The van der Waals surface area contributed by atoms with Crippen molar-refractivity contribution in [2.75, 3.05) is 0 Å². The molecule has 2 heterocycles. The van der Waals surface area contributed by atoms with Crippen LogP contribution in [-0.2, 0) is 0 Å². The Kier molecular flexibility index (Phi) is 4.93. The van der Waals surface area contributed by atoms with Gasteiger partial charge in [0, 0.05) is 27.4 Å². The first kappa shape index (κ1) is 23.1. The first-order valence-electron chi connectivity index (χ1n) is 14.4. The van der Waals surface area contributed by atoms with Gasteiger partial charge in [-0.3, -0.25) is 0 Å². The number of aromatic nitrogens is 1. The third-order valence-electron chi connectivity index (χ3n) is 8.62. The number of benzene rings is 7. The molecule has 0 spiro atoms. The molecule has 0 aliphatic carbocycles. The van der Waals surface area contributed by atoms with Crippen molar-refractivity contribution in [1.82, 2.24) is 4.57 Å². The second-order valence-corrected chi connectivity index (χ2v) is 10.9. The van der Waals surface area contributed by atoms with Crippen molar-refractivity contribution in [3.05, 3.63) is 152 Å². The standard InChI is InChI=1S/C40H25NO/c1-2-9-29(10-3-1)41-36-15-6-4-11-31(36)35-25-28(21-23-37(35)41)26-17-19-27(20-18-26)30-22-24-39-40-33(30)13-8-14-34(40)32-12-5-7-16-38(32)42-39/h1-25H. The zero-order chi connectivity index (χ0) is 27.6. The number of para-hydroxylation sites is 3. The van der Waals surface area contributed by atoms with Gasteiger partial charge in [-0.05, 0) is 75.7 Å². The van der Waals surface area contributed by atoms with E-state index >= 15 is 0 Å². The first-order valence-corrected chi connectivity index (χ1v) is 14.4. The zero-order valence-electron chi connectivity index (χ0n) is 22.8. The normalized spacial score (nSPS) is 12.0. The molecule has 0 saturated carbocycles. The second kappa shape index (κ2) is 8.95. The minimum Gasteiger partial charge on any atom is -0.456 e. The lowest BCUT2D eigenvalue weighted by Gasteiger charge is -2.22. The molecule has 0 saturated heterocycles. The van der Waals surface area contributed by atoms with Gasteiger partial charge in [0.05, 0.1) is 11.0 Å². The summed E-state index contributed by atoms with van der Waals surface area (Å²) in [5.41, 5.74) is 10.8. The average Bonchev–Trinajstić information content (AvgIpc) is 3.39. The summed E-state index contributed by atoms with van der Waals surface area (Å²) in [4.78, 5) is 0. The average molecular weight is 536 g/mol. The summed E-state index contributed by atoms with van der Waals surface area (Å²) in [6.07, 6.45) is 0. The Balaban J connectivity index is 1.15. The Hall–Kier alpha value is -5.60. The van der Waals surface area contributed by atoms with E-state index < -0.39 is 0 Å². The second-order valence-electron chi connectivity index (χ2n) is 10.9. The van der Waals surface area contributed by atoms with Crippen molar-refractivity contribution in [1.29, 1.82) is 0 Å². The van der Waals surface area contributed by atoms with Crippen molar-refractivity contribution >= 4 is 32.6 Å². The van der Waals surface area contributed by atoms with Crippen LogP contribution in [0.2, 0.25) is 0 Å². The summed E-state index contributed by atoms with van der Waals surface area (Å²) in [7, 11) is 0. The molecule has 2 nitrogen and oxygen atoms in total. The fourth-order valence-corrected chi connectivity index (χ4v) is 6.68. The minimum absolute atomic E-state index is 0.915. The zero-order valence-corrected chi connectivity index (χ0v) is 22.8. The Morgan fingerprint density at radius 2 is 1.07 bits per heavy atom. The summed E-state index contributed by atoms with van der Waals surface area (Å²) in [6.45, 7) is 0. The van der Waals surface area contributed by atoms with Gasteiger partial charge in [-0.15, -0.1) is 0 Å². The summed E-state index contributed by atoms with van der Waals surface area (Å²) >= 11 is 0. The van der Waals surface area contributed by atoms with E-state index in [4.69, 9.17) is 4.74 Å². The molecule has 42 heavy (non-hydrogen) atoms. The molecule has 7 aromatic carbocycles. The quantitative estimate of drug-likeness (QED) is 0.219. The van der Waals surface area contributed by atoms with Crippen LogP contribution in [0.15, 0.2) is 152 Å². The van der Waals surface area contributed by atoms with E-state index in [2.05, 4.69) is 144 Å². The highest BCUT2D eigenvalue weighted by atomic mass is 16.5. The number of hydrogen-bond acceptors (Lipinski definition) is 1. The van der Waals surface area contributed by atoms with Gasteiger partial charge in [-0.2, -0.15) is 0 Å². The van der Waals surface area contributed by atoms with Crippen molar-refractivity contribution in [3.63, 3.8) is 0 Å². The van der Waals surface area contributed by atoms with Gasteiger partial charge in [-0.1, -0.05) is 109 Å². The molecule has 0 unspecified atom stereocenters. The van der Waals surface area contributed by atoms with Gasteiger partial charge in [0.25, 0.3) is 0 Å². The maximum absolute atomic E-state index is 6.31. The highest BCUT2D eigenvalue weighted by Gasteiger charge is 2.21. The third-order valence-corrected chi connectivity index (χ3v) is 8.62. The molecule has 1 aromatic heterocycles. The molecule has 0 N–H and O–H groups in total. The van der Waals surface area contributed by atoms with E-state index in [9.17, 15) is 0 Å². The highest BCUT2D eigenvalue weighted by Crippen LogP contribution is 2.48. The monoisotopic (exact) mass is 535 g/mol. The molecular weight excluding hydrogens is 510 g/mol. The lowest BCUT2D eigenvalue weighted by atomic mass is 9.90. The van der Waals surface area contributed by atoms with Crippen LogP contribution in [0.25, 0.3) is 71.6 Å². The van der Waals surface area contributed by atoms with Gasteiger partial charge in [0.1, 0.15) is 11.5 Å². The first-order chi connectivity index (χ1) is 20.8. The summed E-state index contributed by atoms with van der Waals surface area (Å²) < 4.78 is 8.67. The Bertz CT molecular complexity index is 2310. The van der Waals surface area contributed by atoms with E-state index in [0.717, 1.165) is 17.1 Å². The molecule has 0 radical (unpaired) electrons. The van der Waals surface area contributed by atoms with Crippen LogP contribution >= 0.6 is 0 Å². The van der Waals surface area contributed by atoms with Gasteiger partial charge < -0.3 is 9.30 Å². The lowest BCUT2D eigenvalue weighted by Crippen LogP contribution is -1.97. The number of nitrogens with zero attached hydrogens (tertiary/aromatic N) is 1. The number of ether oxygens (including phenoxy) is 1. The number of fused-ring (bicyclic) bond motifs is 5. The van der Waals surface area contributed by atoms with Gasteiger partial charge in [0.2, 0.25) is 0 Å². The Morgan fingerprint density at radius 3 is 1.98 bits per heavy atom. The molecular formula is C40H25NO. The van der Waals surface area contributed by atoms with Crippen LogP contribution in [0.5, 0.6) is 11.5 Å². The van der Waals surface area contributed by atoms with Gasteiger partial charge in [-0.25, -0.2) is 0 Å². The van der Waals surface area contributed by atoms with Crippen LogP contribution in [0.4, 0.5) is 0 Å². The van der Waals surface area contributed by atoms with Crippen LogP contribution in [0.1, 0.15) is 0 Å². The van der Waals surface area contributed by atoms with Gasteiger partial charge in [0.15, 0.2) is 0 Å². The molecule has 1 aliphatic rings. The molecule has 196 valence electrons. The Morgan fingerprint density at radius 1 is 0.381 bits per heavy atom. The topological polar surface area (TPSA) is 14.2 Å². The van der Waals surface area contributed by atoms with Crippen LogP contribution in [-0.4, -0.2) is 4.57 Å². The van der Waals surface area contributed by atoms with Crippen molar-refractivity contribution in [2.24, 2.45) is 0 Å². The smallest absolute Gasteiger partial charge is 0.135 e. The maximum atomic E-state index is 6.31. The van der Waals surface area contributed by atoms with Crippen molar-refractivity contribution in [3.8, 4) is 50.6 Å². The molecule has 0 amide bonds. The Labute approximate surface area is 243 Å². The largest absolute Gasteiger partial charge is 0.456 e.